The van der Waals surface area contributed by atoms with Gasteiger partial charge in [0.05, 0.1) is 12.7 Å². The molecule has 0 radical (unpaired) electrons. The summed E-state index contributed by atoms with van der Waals surface area (Å²) in [4.78, 5) is 16.1. The zero-order valence-corrected chi connectivity index (χ0v) is 12.4. The summed E-state index contributed by atoms with van der Waals surface area (Å²) < 4.78 is 5.87. The normalized spacial score (nSPS) is 22.5. The number of ether oxygens (including phenoxy) is 1. The summed E-state index contributed by atoms with van der Waals surface area (Å²) >= 11 is 0. The van der Waals surface area contributed by atoms with Crippen molar-refractivity contribution in [3.05, 3.63) is 29.6 Å². The Hall–Kier alpha value is -1.42. The fourth-order valence-electron chi connectivity index (χ4n) is 2.66. The predicted octanol–water partition coefficient (Wildman–Crippen LogP) is 2.72. The molecule has 0 spiro atoms. The van der Waals surface area contributed by atoms with Crippen molar-refractivity contribution in [1.29, 1.82) is 0 Å². The van der Waals surface area contributed by atoms with Gasteiger partial charge in [0.15, 0.2) is 0 Å². The van der Waals surface area contributed by atoms with Crippen LogP contribution >= 0.6 is 0 Å². The van der Waals surface area contributed by atoms with Crippen LogP contribution in [-0.4, -0.2) is 30.1 Å². The fraction of sp³-hybridized carbons (Fsp3) is 0.625. The summed E-state index contributed by atoms with van der Waals surface area (Å²) in [5, 5.41) is 2.85. The molecule has 4 nitrogen and oxygen atoms in total. The number of nitrogens with one attached hydrogen (secondary N) is 1. The molecule has 1 heterocycles. The van der Waals surface area contributed by atoms with E-state index < -0.39 is 0 Å². The van der Waals surface area contributed by atoms with Gasteiger partial charge in [-0.3, -0.25) is 4.79 Å². The first-order valence-electron chi connectivity index (χ1n) is 7.50. The summed E-state index contributed by atoms with van der Waals surface area (Å²) in [6, 6.07) is 5.45. The van der Waals surface area contributed by atoms with Gasteiger partial charge in [0.25, 0.3) is 5.91 Å². The molecule has 4 heteroatoms. The van der Waals surface area contributed by atoms with Crippen molar-refractivity contribution in [1.82, 2.24) is 10.3 Å². The Bertz CT molecular complexity index is 448. The average molecular weight is 276 g/mol. The molecule has 0 saturated heterocycles. The summed E-state index contributed by atoms with van der Waals surface area (Å²) in [5.74, 6) is 0.506. The van der Waals surface area contributed by atoms with Crippen LogP contribution in [0.2, 0.25) is 0 Å². The molecule has 1 aromatic rings. The zero-order chi connectivity index (χ0) is 14.4. The van der Waals surface area contributed by atoms with Crippen molar-refractivity contribution in [3.8, 4) is 0 Å². The van der Waals surface area contributed by atoms with Gasteiger partial charge in [-0.25, -0.2) is 4.98 Å². The smallest absolute Gasteiger partial charge is 0.269 e. The van der Waals surface area contributed by atoms with Crippen molar-refractivity contribution in [2.75, 3.05) is 13.2 Å². The van der Waals surface area contributed by atoms with Crippen LogP contribution in [0.25, 0.3) is 0 Å². The minimum absolute atomic E-state index is 0.131. The first-order chi connectivity index (χ1) is 9.66. The number of rotatable bonds is 5. The molecule has 1 saturated carbocycles. The Morgan fingerprint density at radius 1 is 1.40 bits per heavy atom. The number of aryl methyl sites for hydroxylation is 1. The molecule has 20 heavy (non-hydrogen) atoms. The van der Waals surface area contributed by atoms with Crippen molar-refractivity contribution < 1.29 is 9.53 Å². The van der Waals surface area contributed by atoms with Crippen LogP contribution in [0, 0.1) is 12.8 Å². The topological polar surface area (TPSA) is 51.2 Å². The van der Waals surface area contributed by atoms with Crippen molar-refractivity contribution in [3.63, 3.8) is 0 Å². The molecule has 1 amide bonds. The largest absolute Gasteiger partial charge is 0.376 e. The molecule has 1 N–H and O–H groups in total. The number of pyridine rings is 1. The van der Waals surface area contributed by atoms with E-state index in [0.29, 0.717) is 30.9 Å². The third kappa shape index (κ3) is 4.30. The van der Waals surface area contributed by atoms with Gasteiger partial charge in [0.2, 0.25) is 0 Å². The molecule has 110 valence electrons. The van der Waals surface area contributed by atoms with E-state index >= 15 is 0 Å². The lowest BCUT2D eigenvalue weighted by Crippen LogP contribution is -2.32. The Morgan fingerprint density at radius 3 is 2.95 bits per heavy atom. The molecular weight excluding hydrogens is 252 g/mol. The maximum atomic E-state index is 11.9. The third-order valence-corrected chi connectivity index (χ3v) is 3.87. The molecule has 1 fully saturated rings. The number of nitrogens with zero attached hydrogens (tertiary/aromatic N) is 1. The first kappa shape index (κ1) is 15.0. The van der Waals surface area contributed by atoms with Crippen LogP contribution in [0.4, 0.5) is 0 Å². The van der Waals surface area contributed by atoms with E-state index in [4.69, 9.17) is 4.74 Å². The van der Waals surface area contributed by atoms with E-state index in [9.17, 15) is 4.79 Å². The lowest BCUT2D eigenvalue weighted by atomic mass is 9.88. The summed E-state index contributed by atoms with van der Waals surface area (Å²) in [6.45, 7) is 5.24. The van der Waals surface area contributed by atoms with Gasteiger partial charge >= 0.3 is 0 Å². The van der Waals surface area contributed by atoms with Crippen LogP contribution in [0.1, 0.15) is 48.8 Å². The van der Waals surface area contributed by atoms with Crippen LogP contribution < -0.4 is 5.32 Å². The average Bonchev–Trinajstić information content (AvgIpc) is 2.45. The minimum atomic E-state index is -0.131. The highest BCUT2D eigenvalue weighted by molar-refractivity contribution is 5.92. The molecule has 0 aromatic carbocycles. The minimum Gasteiger partial charge on any atom is -0.376 e. The van der Waals surface area contributed by atoms with Gasteiger partial charge in [-0.15, -0.1) is 0 Å². The van der Waals surface area contributed by atoms with Gasteiger partial charge in [-0.05, 0) is 37.8 Å². The molecule has 0 bridgehead atoms. The second-order valence-electron chi connectivity index (χ2n) is 5.59. The van der Waals surface area contributed by atoms with E-state index in [0.717, 1.165) is 12.1 Å². The summed E-state index contributed by atoms with van der Waals surface area (Å²) in [5.41, 5.74) is 1.32. The number of aromatic nitrogens is 1. The van der Waals surface area contributed by atoms with E-state index in [1.807, 2.05) is 19.1 Å². The Balaban J connectivity index is 1.69. The lowest BCUT2D eigenvalue weighted by molar-refractivity contribution is -0.00295. The zero-order valence-electron chi connectivity index (χ0n) is 12.4. The molecule has 2 atom stereocenters. The third-order valence-electron chi connectivity index (χ3n) is 3.87. The van der Waals surface area contributed by atoms with Crippen LogP contribution in [0.3, 0.4) is 0 Å². The van der Waals surface area contributed by atoms with Crippen molar-refractivity contribution >= 4 is 5.91 Å². The summed E-state index contributed by atoms with van der Waals surface area (Å²) in [7, 11) is 0. The maximum Gasteiger partial charge on any atom is 0.269 e. The molecule has 1 aromatic heterocycles. The molecular formula is C16H24N2O2. The number of carbonyl (C=O) groups excluding carboxylic acids is 1. The quantitative estimate of drug-likeness (QED) is 0.841. The van der Waals surface area contributed by atoms with Crippen LogP contribution in [0.5, 0.6) is 0 Å². The van der Waals surface area contributed by atoms with E-state index in [2.05, 4.69) is 17.2 Å². The van der Waals surface area contributed by atoms with Gasteiger partial charge in [-0.2, -0.15) is 0 Å². The summed E-state index contributed by atoms with van der Waals surface area (Å²) in [6.07, 6.45) is 5.34. The monoisotopic (exact) mass is 276 g/mol. The fourth-order valence-corrected chi connectivity index (χ4v) is 2.66. The maximum absolute atomic E-state index is 11.9. The van der Waals surface area contributed by atoms with Crippen LogP contribution in [0.15, 0.2) is 18.2 Å². The Kier molecular flexibility index (Phi) is 5.53. The molecule has 1 aliphatic carbocycles. The van der Waals surface area contributed by atoms with Gasteiger partial charge in [-0.1, -0.05) is 25.8 Å². The molecule has 0 aliphatic heterocycles. The second kappa shape index (κ2) is 7.39. The van der Waals surface area contributed by atoms with Gasteiger partial charge < -0.3 is 10.1 Å². The van der Waals surface area contributed by atoms with E-state index in [1.165, 1.54) is 19.3 Å². The predicted molar refractivity (Wildman–Crippen MR) is 78.7 cm³/mol. The highest BCUT2D eigenvalue weighted by Crippen LogP contribution is 2.25. The standard InChI is InChI=1S/C16H24N2O2/c1-12-6-3-4-9-15(12)20-11-10-17-16(19)14-8-5-7-13(2)18-14/h5,7-8,12,15H,3-4,6,9-11H2,1-2H3,(H,17,19). The molecule has 2 unspecified atom stereocenters. The highest BCUT2D eigenvalue weighted by Gasteiger charge is 2.21. The number of hydrogen-bond donors (Lipinski definition) is 1. The first-order valence-corrected chi connectivity index (χ1v) is 7.50. The SMILES string of the molecule is Cc1cccc(C(=O)NCCOC2CCCCC2C)n1. The number of carbonyl (C=O) groups is 1. The van der Waals surface area contributed by atoms with Crippen molar-refractivity contribution in [2.24, 2.45) is 5.92 Å². The second-order valence-corrected chi connectivity index (χ2v) is 5.59. The number of amides is 1. The van der Waals surface area contributed by atoms with Gasteiger partial charge in [0, 0.05) is 12.2 Å². The lowest BCUT2D eigenvalue weighted by Gasteiger charge is -2.28. The molecule has 1 aliphatic rings. The number of hydrogen-bond acceptors (Lipinski definition) is 3. The van der Waals surface area contributed by atoms with E-state index in [1.54, 1.807) is 6.07 Å². The van der Waals surface area contributed by atoms with Crippen molar-refractivity contribution in [2.45, 2.75) is 45.6 Å². The Morgan fingerprint density at radius 2 is 2.20 bits per heavy atom. The Labute approximate surface area is 120 Å². The molecule has 2 rings (SSSR count). The van der Waals surface area contributed by atoms with Gasteiger partial charge in [0.1, 0.15) is 5.69 Å². The van der Waals surface area contributed by atoms with Crippen LogP contribution in [-0.2, 0) is 4.74 Å². The highest BCUT2D eigenvalue weighted by atomic mass is 16.5. The van der Waals surface area contributed by atoms with E-state index in [-0.39, 0.29) is 5.91 Å².